The van der Waals surface area contributed by atoms with Crippen LogP contribution in [-0.4, -0.2) is 29.1 Å². The van der Waals surface area contributed by atoms with E-state index in [1.807, 2.05) is 6.07 Å². The predicted octanol–water partition coefficient (Wildman–Crippen LogP) is 3.13. The lowest BCUT2D eigenvalue weighted by Gasteiger charge is -2.34. The van der Waals surface area contributed by atoms with Gasteiger partial charge in [0, 0.05) is 19.6 Å². The van der Waals surface area contributed by atoms with Crippen LogP contribution in [0.15, 0.2) is 22.7 Å². The van der Waals surface area contributed by atoms with Crippen LogP contribution in [0.5, 0.6) is 0 Å². The Balaban J connectivity index is 2.09. The zero-order chi connectivity index (χ0) is 14.0. The zero-order valence-electron chi connectivity index (χ0n) is 10.8. The lowest BCUT2D eigenvalue weighted by Crippen LogP contribution is -2.42. The van der Waals surface area contributed by atoms with E-state index in [4.69, 9.17) is 5.11 Å². The Morgan fingerprint density at radius 2 is 2.26 bits per heavy atom. The van der Waals surface area contributed by atoms with E-state index < -0.39 is 5.97 Å². The van der Waals surface area contributed by atoms with Crippen LogP contribution in [0, 0.1) is 17.7 Å². The largest absolute Gasteiger partial charge is 0.481 e. The third kappa shape index (κ3) is 3.54. The second-order valence-electron chi connectivity index (χ2n) is 5.28. The van der Waals surface area contributed by atoms with Crippen LogP contribution in [0.4, 0.5) is 4.39 Å². The van der Waals surface area contributed by atoms with E-state index in [-0.39, 0.29) is 11.7 Å². The molecule has 1 aromatic rings. The summed E-state index contributed by atoms with van der Waals surface area (Å²) in [6.07, 6.45) is 0.718. The van der Waals surface area contributed by atoms with Crippen LogP contribution in [0.1, 0.15) is 18.9 Å². The summed E-state index contributed by atoms with van der Waals surface area (Å²) in [6.45, 7) is 4.02. The van der Waals surface area contributed by atoms with Crippen LogP contribution in [0.25, 0.3) is 0 Å². The molecule has 1 aliphatic heterocycles. The quantitative estimate of drug-likeness (QED) is 0.926. The first-order valence-electron chi connectivity index (χ1n) is 6.35. The standard InChI is InChI=1S/C14H17BrFNO2/c1-9-5-11(14(18)19)8-17(6-9)7-10-3-2-4-12(16)13(10)15/h2-4,9,11H,5-8H2,1H3,(H,18,19). The van der Waals surface area contributed by atoms with Gasteiger partial charge in [-0.3, -0.25) is 9.69 Å². The van der Waals surface area contributed by atoms with Crippen molar-refractivity contribution in [2.24, 2.45) is 11.8 Å². The number of carboxylic acids is 1. The van der Waals surface area contributed by atoms with Crippen molar-refractivity contribution in [1.29, 1.82) is 0 Å². The first-order chi connectivity index (χ1) is 8.97. The van der Waals surface area contributed by atoms with Crippen molar-refractivity contribution in [3.05, 3.63) is 34.1 Å². The molecule has 1 heterocycles. The number of carbonyl (C=O) groups is 1. The molecule has 19 heavy (non-hydrogen) atoms. The van der Waals surface area contributed by atoms with E-state index in [1.54, 1.807) is 6.07 Å². The molecular weight excluding hydrogens is 313 g/mol. The fraction of sp³-hybridized carbons (Fsp3) is 0.500. The van der Waals surface area contributed by atoms with Gasteiger partial charge in [0.25, 0.3) is 0 Å². The molecule has 1 N–H and O–H groups in total. The number of hydrogen-bond acceptors (Lipinski definition) is 2. The molecule has 0 bridgehead atoms. The molecule has 2 unspecified atom stereocenters. The number of likely N-dealkylation sites (tertiary alicyclic amines) is 1. The number of benzene rings is 1. The van der Waals surface area contributed by atoms with Crippen LogP contribution in [0.3, 0.4) is 0 Å². The van der Waals surface area contributed by atoms with Crippen LogP contribution in [0.2, 0.25) is 0 Å². The van der Waals surface area contributed by atoms with Crippen molar-refractivity contribution in [2.45, 2.75) is 19.9 Å². The Morgan fingerprint density at radius 3 is 2.95 bits per heavy atom. The molecule has 0 saturated carbocycles. The lowest BCUT2D eigenvalue weighted by atomic mass is 9.90. The molecule has 2 atom stereocenters. The molecule has 1 aliphatic rings. The van der Waals surface area contributed by atoms with Crippen molar-refractivity contribution in [1.82, 2.24) is 4.90 Å². The molecule has 1 fully saturated rings. The Hall–Kier alpha value is -0.940. The molecule has 1 saturated heterocycles. The summed E-state index contributed by atoms with van der Waals surface area (Å²) in [6, 6.07) is 4.95. The molecule has 0 spiro atoms. The average Bonchev–Trinajstić information content (AvgIpc) is 2.34. The molecule has 1 aromatic carbocycles. The molecule has 0 aromatic heterocycles. The van der Waals surface area contributed by atoms with Gasteiger partial charge in [0.1, 0.15) is 5.82 Å². The zero-order valence-corrected chi connectivity index (χ0v) is 12.4. The molecule has 0 radical (unpaired) electrons. The van der Waals surface area contributed by atoms with E-state index in [0.29, 0.717) is 23.5 Å². The highest BCUT2D eigenvalue weighted by Crippen LogP contribution is 2.26. The minimum Gasteiger partial charge on any atom is -0.481 e. The van der Waals surface area contributed by atoms with Gasteiger partial charge in [0.2, 0.25) is 0 Å². The molecular formula is C14H17BrFNO2. The summed E-state index contributed by atoms with van der Waals surface area (Å²) < 4.78 is 13.9. The predicted molar refractivity (Wildman–Crippen MR) is 74.3 cm³/mol. The number of halogens is 2. The number of aliphatic carboxylic acids is 1. The molecule has 3 nitrogen and oxygen atoms in total. The van der Waals surface area contributed by atoms with Gasteiger partial charge in [0.15, 0.2) is 0 Å². The summed E-state index contributed by atoms with van der Waals surface area (Å²) in [4.78, 5) is 13.2. The van der Waals surface area contributed by atoms with Gasteiger partial charge in [-0.25, -0.2) is 4.39 Å². The van der Waals surface area contributed by atoms with Crippen LogP contribution >= 0.6 is 15.9 Å². The first kappa shape index (κ1) is 14.5. The fourth-order valence-electron chi connectivity index (χ4n) is 2.68. The highest BCUT2D eigenvalue weighted by atomic mass is 79.9. The first-order valence-corrected chi connectivity index (χ1v) is 7.14. The maximum Gasteiger partial charge on any atom is 0.307 e. The van der Waals surface area contributed by atoms with Gasteiger partial charge in [0.05, 0.1) is 10.4 Å². The van der Waals surface area contributed by atoms with Gasteiger partial charge in [-0.15, -0.1) is 0 Å². The van der Waals surface area contributed by atoms with Crippen molar-refractivity contribution in [3.8, 4) is 0 Å². The molecule has 104 valence electrons. The minimum atomic E-state index is -0.741. The third-order valence-corrected chi connectivity index (χ3v) is 4.40. The van der Waals surface area contributed by atoms with E-state index in [1.165, 1.54) is 6.07 Å². The van der Waals surface area contributed by atoms with Gasteiger partial charge in [-0.2, -0.15) is 0 Å². The van der Waals surface area contributed by atoms with E-state index in [9.17, 15) is 9.18 Å². The number of piperidine rings is 1. The summed E-state index contributed by atoms with van der Waals surface area (Å²) in [7, 11) is 0. The van der Waals surface area contributed by atoms with Crippen molar-refractivity contribution >= 4 is 21.9 Å². The van der Waals surface area contributed by atoms with E-state index in [2.05, 4.69) is 27.8 Å². The Labute approximate surface area is 120 Å². The normalized spacial score (nSPS) is 24.4. The third-order valence-electron chi connectivity index (χ3n) is 3.51. The summed E-state index contributed by atoms with van der Waals surface area (Å²) in [5, 5.41) is 9.14. The van der Waals surface area contributed by atoms with Gasteiger partial charge >= 0.3 is 5.97 Å². The SMILES string of the molecule is CC1CC(C(=O)O)CN(Cc2cccc(F)c2Br)C1. The van der Waals surface area contributed by atoms with Crippen molar-refractivity contribution in [2.75, 3.05) is 13.1 Å². The lowest BCUT2D eigenvalue weighted by molar-refractivity contribution is -0.144. The van der Waals surface area contributed by atoms with Gasteiger partial charge < -0.3 is 5.11 Å². The van der Waals surface area contributed by atoms with Gasteiger partial charge in [-0.1, -0.05) is 19.1 Å². The molecule has 0 amide bonds. The number of carboxylic acid groups (broad SMARTS) is 1. The topological polar surface area (TPSA) is 40.5 Å². The smallest absolute Gasteiger partial charge is 0.307 e. The number of nitrogens with zero attached hydrogens (tertiary/aromatic N) is 1. The Kier molecular flexibility index (Phi) is 4.58. The Bertz CT molecular complexity index is 481. The second-order valence-corrected chi connectivity index (χ2v) is 6.08. The maximum atomic E-state index is 13.5. The number of hydrogen-bond donors (Lipinski definition) is 1. The van der Waals surface area contributed by atoms with E-state index in [0.717, 1.165) is 18.5 Å². The van der Waals surface area contributed by atoms with Gasteiger partial charge in [-0.05, 0) is 39.9 Å². The fourth-order valence-corrected chi connectivity index (χ4v) is 3.07. The summed E-state index contributed by atoms with van der Waals surface area (Å²) >= 11 is 3.25. The highest BCUT2D eigenvalue weighted by Gasteiger charge is 2.29. The molecule has 2 rings (SSSR count). The summed E-state index contributed by atoms with van der Waals surface area (Å²) in [5.41, 5.74) is 0.859. The monoisotopic (exact) mass is 329 g/mol. The molecule has 0 aliphatic carbocycles. The Morgan fingerprint density at radius 1 is 1.53 bits per heavy atom. The van der Waals surface area contributed by atoms with Crippen LogP contribution in [-0.2, 0) is 11.3 Å². The van der Waals surface area contributed by atoms with Crippen LogP contribution < -0.4 is 0 Å². The minimum absolute atomic E-state index is 0.280. The number of rotatable bonds is 3. The van der Waals surface area contributed by atoms with Crippen molar-refractivity contribution in [3.63, 3.8) is 0 Å². The van der Waals surface area contributed by atoms with E-state index >= 15 is 0 Å². The highest BCUT2D eigenvalue weighted by molar-refractivity contribution is 9.10. The van der Waals surface area contributed by atoms with Crippen molar-refractivity contribution < 1.29 is 14.3 Å². The summed E-state index contributed by atoms with van der Waals surface area (Å²) in [5.74, 6) is -0.995. The second kappa shape index (κ2) is 6.01. The molecule has 5 heteroatoms. The average molecular weight is 330 g/mol. The maximum absolute atomic E-state index is 13.5.